The molecule has 2 atom stereocenters. The Labute approximate surface area is 289 Å². The predicted molar refractivity (Wildman–Crippen MR) is 209 cm³/mol. The number of phenols is 1. The van der Waals surface area contributed by atoms with Gasteiger partial charge in [-0.2, -0.15) is 0 Å². The topological polar surface area (TPSA) is 40.5 Å². The van der Waals surface area contributed by atoms with Crippen LogP contribution in [-0.4, -0.2) is 16.3 Å². The fraction of sp³-hybridized carbons (Fsp3) is 0.0833. The van der Waals surface area contributed by atoms with Gasteiger partial charge in [-0.05, 0) is 101 Å². The molecule has 8 aromatic rings. The maximum absolute atomic E-state index is 12.9. The number of aliphatic hydroxyl groups is 1. The first kappa shape index (κ1) is 29.0. The molecular weight excluding hydrogens is 609 g/mol. The quantitative estimate of drug-likeness (QED) is 0.191. The summed E-state index contributed by atoms with van der Waals surface area (Å²) in [5, 5.41) is 38.9. The van der Waals surface area contributed by atoms with Crippen molar-refractivity contribution in [3.8, 4) is 16.9 Å². The summed E-state index contributed by atoms with van der Waals surface area (Å²) >= 11 is 0. The molecule has 2 N–H and O–H groups in total. The highest BCUT2D eigenvalue weighted by Gasteiger charge is 2.33. The monoisotopic (exact) mass is 642 g/mol. The molecule has 8 aromatic carbocycles. The standard InChI is InChI=1S/C48H34O2/c49-47-41(43-35-19-7-1-13-29(35)25-30-14-2-8-20-36(30)43)27-33-17-5-11-23-39(33)45(47)46-40-24-12-6-18-34(40)28-42(48(46)50)44-37-21-9-3-15-31(37)26-32-16-4-10-22-38(32)44/h1-5,7-11,13-28,41,47,49-50H,6,12H2. The number of aliphatic hydroxyl groups excluding tert-OH is 1. The molecule has 2 aliphatic carbocycles. The van der Waals surface area contributed by atoms with Gasteiger partial charge in [0.1, 0.15) is 5.75 Å². The smallest absolute Gasteiger partial charge is 0.131 e. The summed E-state index contributed by atoms with van der Waals surface area (Å²) in [6.07, 6.45) is 7.67. The lowest BCUT2D eigenvalue weighted by molar-refractivity contribution is 0.220. The van der Waals surface area contributed by atoms with Crippen LogP contribution >= 0.6 is 0 Å². The number of hydrogen-bond donors (Lipinski definition) is 2. The van der Waals surface area contributed by atoms with E-state index in [2.05, 4.69) is 152 Å². The lowest BCUT2D eigenvalue weighted by Gasteiger charge is -2.30. The van der Waals surface area contributed by atoms with Gasteiger partial charge in [0.2, 0.25) is 0 Å². The lowest BCUT2D eigenvalue weighted by atomic mass is 9.76. The number of fused-ring (bicyclic) bond motifs is 6. The van der Waals surface area contributed by atoms with Crippen molar-refractivity contribution in [1.82, 2.24) is 0 Å². The van der Waals surface area contributed by atoms with Crippen LogP contribution < -0.4 is 20.9 Å². The molecule has 2 aliphatic rings. The Morgan fingerprint density at radius 1 is 0.500 bits per heavy atom. The Morgan fingerprint density at radius 2 is 1.02 bits per heavy atom. The molecule has 10 rings (SSSR count). The molecule has 2 nitrogen and oxygen atoms in total. The number of benzene rings is 8. The molecule has 2 heteroatoms. The van der Waals surface area contributed by atoms with E-state index in [-0.39, 0.29) is 11.7 Å². The minimum absolute atomic E-state index is 0.212. The van der Waals surface area contributed by atoms with Crippen LogP contribution in [-0.2, 0) is 0 Å². The third kappa shape index (κ3) is 4.32. The number of aromatic hydroxyl groups is 1. The molecule has 238 valence electrons. The highest BCUT2D eigenvalue weighted by atomic mass is 16.3. The molecule has 0 amide bonds. The van der Waals surface area contributed by atoms with E-state index in [0.29, 0.717) is 0 Å². The van der Waals surface area contributed by atoms with Gasteiger partial charge in [-0.3, -0.25) is 0 Å². The molecular formula is C48H34O2. The van der Waals surface area contributed by atoms with Crippen LogP contribution in [0.5, 0.6) is 5.75 Å². The molecule has 0 heterocycles. The number of hydrogen-bond acceptors (Lipinski definition) is 2. The normalized spacial score (nSPS) is 16.9. The van der Waals surface area contributed by atoms with Crippen molar-refractivity contribution in [3.05, 3.63) is 172 Å². The van der Waals surface area contributed by atoms with Gasteiger partial charge in [0.15, 0.2) is 0 Å². The van der Waals surface area contributed by atoms with Gasteiger partial charge >= 0.3 is 0 Å². The first-order valence-corrected chi connectivity index (χ1v) is 17.5. The van der Waals surface area contributed by atoms with E-state index in [1.807, 2.05) is 6.07 Å². The highest BCUT2D eigenvalue weighted by molar-refractivity contribution is 6.14. The van der Waals surface area contributed by atoms with Crippen LogP contribution in [0.3, 0.4) is 0 Å². The minimum Gasteiger partial charge on any atom is -0.507 e. The van der Waals surface area contributed by atoms with Crippen LogP contribution in [0.15, 0.2) is 140 Å². The molecule has 2 unspecified atom stereocenters. The van der Waals surface area contributed by atoms with Gasteiger partial charge < -0.3 is 10.2 Å². The fourth-order valence-corrected chi connectivity index (χ4v) is 8.77. The van der Waals surface area contributed by atoms with Crippen molar-refractivity contribution in [2.45, 2.75) is 24.9 Å². The van der Waals surface area contributed by atoms with E-state index in [9.17, 15) is 10.2 Å². The Balaban J connectivity index is 1.32. The molecule has 0 saturated heterocycles. The molecule has 0 spiro atoms. The Kier molecular flexibility index (Phi) is 6.55. The average Bonchev–Trinajstić information content (AvgIpc) is 3.16. The van der Waals surface area contributed by atoms with E-state index in [0.717, 1.165) is 105 Å². The first-order valence-electron chi connectivity index (χ1n) is 17.5. The highest BCUT2D eigenvalue weighted by Crippen LogP contribution is 2.44. The summed E-state index contributed by atoms with van der Waals surface area (Å²) in [7, 11) is 0. The van der Waals surface area contributed by atoms with Crippen molar-refractivity contribution >= 4 is 66.9 Å². The zero-order valence-electron chi connectivity index (χ0n) is 27.5. The summed E-state index contributed by atoms with van der Waals surface area (Å²) in [5.74, 6) is -0.135. The van der Waals surface area contributed by atoms with Gasteiger partial charge in [0.05, 0.1) is 6.10 Å². The van der Waals surface area contributed by atoms with E-state index in [4.69, 9.17) is 0 Å². The molecule has 0 fully saturated rings. The number of phenolic OH excluding ortho intramolecular Hbond substituents is 1. The van der Waals surface area contributed by atoms with Gasteiger partial charge in [-0.25, -0.2) is 0 Å². The van der Waals surface area contributed by atoms with Crippen molar-refractivity contribution in [2.75, 3.05) is 0 Å². The van der Waals surface area contributed by atoms with E-state index in [1.54, 1.807) is 0 Å². The van der Waals surface area contributed by atoms with Crippen molar-refractivity contribution in [1.29, 1.82) is 0 Å². The summed E-state index contributed by atoms with van der Waals surface area (Å²) < 4.78 is 0. The largest absolute Gasteiger partial charge is 0.507 e. The van der Waals surface area contributed by atoms with Crippen molar-refractivity contribution in [2.24, 2.45) is 0 Å². The second-order valence-corrected chi connectivity index (χ2v) is 13.7. The zero-order valence-corrected chi connectivity index (χ0v) is 27.5. The average molecular weight is 643 g/mol. The SMILES string of the molecule is Oc1c(-c2c3ccccc3cc3ccccc23)cc2c(c1C1=c3ccccc3=CC(c3c4ccccc4cc4ccccc34)C1O)=CCCC=2. The third-order valence-corrected chi connectivity index (χ3v) is 11.0. The van der Waals surface area contributed by atoms with Crippen LogP contribution in [0, 0.1) is 0 Å². The fourth-order valence-electron chi connectivity index (χ4n) is 8.77. The lowest BCUT2D eigenvalue weighted by Crippen LogP contribution is -2.42. The summed E-state index contributed by atoms with van der Waals surface area (Å²) in [4.78, 5) is 0. The van der Waals surface area contributed by atoms with Gasteiger partial charge in [-0.1, -0.05) is 140 Å². The molecule has 0 bridgehead atoms. The van der Waals surface area contributed by atoms with E-state index < -0.39 is 6.10 Å². The van der Waals surface area contributed by atoms with Gasteiger partial charge in [0, 0.05) is 28.2 Å². The van der Waals surface area contributed by atoms with Crippen molar-refractivity contribution < 1.29 is 10.2 Å². The van der Waals surface area contributed by atoms with Gasteiger partial charge in [-0.15, -0.1) is 0 Å². The van der Waals surface area contributed by atoms with E-state index in [1.165, 1.54) is 0 Å². The Morgan fingerprint density at radius 3 is 1.66 bits per heavy atom. The van der Waals surface area contributed by atoms with Crippen LogP contribution in [0.25, 0.3) is 78.0 Å². The summed E-state index contributed by atoms with van der Waals surface area (Å²) in [6.45, 7) is 0. The Hall–Kier alpha value is -5.96. The van der Waals surface area contributed by atoms with Gasteiger partial charge in [0.25, 0.3) is 0 Å². The maximum atomic E-state index is 12.9. The Bertz CT molecular complexity index is 2860. The molecule has 0 saturated carbocycles. The van der Waals surface area contributed by atoms with Crippen LogP contribution in [0.2, 0.25) is 0 Å². The first-order chi connectivity index (χ1) is 24.7. The van der Waals surface area contributed by atoms with Crippen LogP contribution in [0.1, 0.15) is 29.9 Å². The zero-order chi connectivity index (χ0) is 33.3. The van der Waals surface area contributed by atoms with Crippen molar-refractivity contribution in [3.63, 3.8) is 0 Å². The summed E-state index contributed by atoms with van der Waals surface area (Å²) in [5.41, 5.74) is 4.42. The summed E-state index contributed by atoms with van der Waals surface area (Å²) in [6, 6.07) is 48.8. The predicted octanol–water partition coefficient (Wildman–Crippen LogP) is 8.16. The molecule has 0 radical (unpaired) electrons. The molecule has 0 aromatic heterocycles. The second-order valence-electron chi connectivity index (χ2n) is 13.7. The molecule has 50 heavy (non-hydrogen) atoms. The minimum atomic E-state index is -0.913. The van der Waals surface area contributed by atoms with E-state index >= 15 is 0 Å². The third-order valence-electron chi connectivity index (χ3n) is 11.0. The maximum Gasteiger partial charge on any atom is 0.131 e. The second kappa shape index (κ2) is 11.3. The molecule has 0 aliphatic heterocycles. The van der Waals surface area contributed by atoms with Crippen LogP contribution in [0.4, 0.5) is 0 Å². The number of rotatable bonds is 3.